The number of rotatable bonds is 6. The molecular formula is C15H21N3O. The molecule has 102 valence electrons. The lowest BCUT2D eigenvalue weighted by Gasteiger charge is -2.19. The normalized spacial score (nSPS) is 10.7. The van der Waals surface area contributed by atoms with Crippen molar-refractivity contribution in [3.8, 4) is 0 Å². The number of nitrogens with one attached hydrogen (secondary N) is 1. The fraction of sp³-hybridized carbons (Fsp3) is 0.400. The second-order valence-electron chi connectivity index (χ2n) is 4.74. The van der Waals surface area contributed by atoms with Gasteiger partial charge in [-0.2, -0.15) is 0 Å². The summed E-state index contributed by atoms with van der Waals surface area (Å²) in [5, 5.41) is 3.34. The van der Waals surface area contributed by atoms with Crippen molar-refractivity contribution in [2.24, 2.45) is 0 Å². The lowest BCUT2D eigenvalue weighted by molar-refractivity contribution is 0.563. The second-order valence-corrected chi connectivity index (χ2v) is 4.74. The summed E-state index contributed by atoms with van der Waals surface area (Å²) in [6.45, 7) is 6.80. The van der Waals surface area contributed by atoms with Gasteiger partial charge in [-0.25, -0.2) is 4.98 Å². The molecule has 19 heavy (non-hydrogen) atoms. The van der Waals surface area contributed by atoms with Gasteiger partial charge in [0.25, 0.3) is 0 Å². The SMILES string of the molecule is CCNCc1cc(C)nc(N(C)Cc2ccoc2)c1. The number of pyridine rings is 1. The smallest absolute Gasteiger partial charge is 0.129 e. The first-order valence-electron chi connectivity index (χ1n) is 6.59. The van der Waals surface area contributed by atoms with Crippen LogP contribution in [0.15, 0.2) is 35.1 Å². The molecule has 4 nitrogen and oxygen atoms in total. The molecule has 2 aromatic rings. The third kappa shape index (κ3) is 3.83. The van der Waals surface area contributed by atoms with Crippen molar-refractivity contribution in [3.05, 3.63) is 47.5 Å². The molecule has 0 aromatic carbocycles. The van der Waals surface area contributed by atoms with E-state index in [4.69, 9.17) is 4.42 Å². The van der Waals surface area contributed by atoms with Crippen molar-refractivity contribution < 1.29 is 4.42 Å². The summed E-state index contributed by atoms with van der Waals surface area (Å²) < 4.78 is 5.09. The van der Waals surface area contributed by atoms with Gasteiger partial charge in [0.05, 0.1) is 12.5 Å². The molecule has 0 bridgehead atoms. The molecule has 0 amide bonds. The van der Waals surface area contributed by atoms with E-state index in [0.717, 1.165) is 36.7 Å². The number of furan rings is 1. The summed E-state index contributed by atoms with van der Waals surface area (Å²) in [5.74, 6) is 0.995. The van der Waals surface area contributed by atoms with Crippen molar-refractivity contribution in [2.75, 3.05) is 18.5 Å². The van der Waals surface area contributed by atoms with Gasteiger partial charge in [-0.15, -0.1) is 0 Å². The second kappa shape index (κ2) is 6.38. The molecule has 0 aliphatic carbocycles. The minimum Gasteiger partial charge on any atom is -0.472 e. The summed E-state index contributed by atoms with van der Waals surface area (Å²) in [5.41, 5.74) is 3.46. The first kappa shape index (κ1) is 13.6. The summed E-state index contributed by atoms with van der Waals surface area (Å²) >= 11 is 0. The highest BCUT2D eigenvalue weighted by Crippen LogP contribution is 2.16. The maximum absolute atomic E-state index is 5.09. The zero-order valence-corrected chi connectivity index (χ0v) is 11.8. The van der Waals surface area contributed by atoms with E-state index in [9.17, 15) is 0 Å². The summed E-state index contributed by atoms with van der Waals surface area (Å²) in [6, 6.07) is 6.24. The fourth-order valence-electron chi connectivity index (χ4n) is 2.03. The van der Waals surface area contributed by atoms with Crippen LogP contribution in [0.2, 0.25) is 0 Å². The van der Waals surface area contributed by atoms with E-state index in [1.54, 1.807) is 12.5 Å². The lowest BCUT2D eigenvalue weighted by atomic mass is 10.2. The molecule has 0 radical (unpaired) electrons. The van der Waals surface area contributed by atoms with Crippen molar-refractivity contribution in [3.63, 3.8) is 0 Å². The Labute approximate surface area is 114 Å². The van der Waals surface area contributed by atoms with Gasteiger partial charge in [-0.3, -0.25) is 0 Å². The molecule has 0 fully saturated rings. The topological polar surface area (TPSA) is 41.3 Å². The molecule has 0 atom stereocenters. The van der Waals surface area contributed by atoms with Crippen LogP contribution in [-0.2, 0) is 13.1 Å². The molecule has 0 unspecified atom stereocenters. The van der Waals surface area contributed by atoms with E-state index in [2.05, 4.69) is 34.3 Å². The van der Waals surface area contributed by atoms with Gasteiger partial charge in [0.15, 0.2) is 0 Å². The number of aryl methyl sites for hydroxylation is 1. The van der Waals surface area contributed by atoms with Gasteiger partial charge in [-0.1, -0.05) is 6.92 Å². The highest BCUT2D eigenvalue weighted by Gasteiger charge is 2.07. The van der Waals surface area contributed by atoms with Gasteiger partial charge in [0, 0.05) is 31.4 Å². The molecule has 0 aliphatic heterocycles. The predicted molar refractivity (Wildman–Crippen MR) is 77.2 cm³/mol. The number of hydrogen-bond acceptors (Lipinski definition) is 4. The molecule has 2 rings (SSSR count). The molecule has 2 aromatic heterocycles. The number of aromatic nitrogens is 1. The van der Waals surface area contributed by atoms with Crippen LogP contribution in [0.3, 0.4) is 0 Å². The van der Waals surface area contributed by atoms with Gasteiger partial charge in [-0.05, 0) is 37.2 Å². The molecular weight excluding hydrogens is 238 g/mol. The van der Waals surface area contributed by atoms with Crippen molar-refractivity contribution in [1.29, 1.82) is 0 Å². The lowest BCUT2D eigenvalue weighted by Crippen LogP contribution is -2.19. The Morgan fingerprint density at radius 1 is 1.32 bits per heavy atom. The van der Waals surface area contributed by atoms with Gasteiger partial charge >= 0.3 is 0 Å². The van der Waals surface area contributed by atoms with E-state index in [1.807, 2.05) is 20.0 Å². The van der Waals surface area contributed by atoms with Crippen LogP contribution < -0.4 is 10.2 Å². The average Bonchev–Trinajstić information content (AvgIpc) is 2.88. The molecule has 0 saturated carbocycles. The Kier molecular flexibility index (Phi) is 4.58. The van der Waals surface area contributed by atoms with E-state index in [0.29, 0.717) is 0 Å². The van der Waals surface area contributed by atoms with E-state index < -0.39 is 0 Å². The molecule has 4 heteroatoms. The van der Waals surface area contributed by atoms with E-state index in [1.165, 1.54) is 5.56 Å². The number of anilines is 1. The quantitative estimate of drug-likeness (QED) is 0.866. The Morgan fingerprint density at radius 3 is 2.84 bits per heavy atom. The van der Waals surface area contributed by atoms with Crippen molar-refractivity contribution in [2.45, 2.75) is 26.9 Å². The Morgan fingerprint density at radius 2 is 2.16 bits per heavy atom. The van der Waals surface area contributed by atoms with E-state index >= 15 is 0 Å². The third-order valence-corrected chi connectivity index (χ3v) is 2.97. The van der Waals surface area contributed by atoms with E-state index in [-0.39, 0.29) is 0 Å². The highest BCUT2D eigenvalue weighted by atomic mass is 16.3. The molecule has 2 heterocycles. The zero-order chi connectivity index (χ0) is 13.7. The van der Waals surface area contributed by atoms with Crippen LogP contribution in [-0.4, -0.2) is 18.6 Å². The third-order valence-electron chi connectivity index (χ3n) is 2.97. The molecule has 0 aliphatic rings. The van der Waals surface area contributed by atoms with Crippen LogP contribution in [0.4, 0.5) is 5.82 Å². The zero-order valence-electron chi connectivity index (χ0n) is 11.8. The number of hydrogen-bond donors (Lipinski definition) is 1. The maximum atomic E-state index is 5.09. The van der Waals surface area contributed by atoms with Crippen LogP contribution in [0.25, 0.3) is 0 Å². The molecule has 0 saturated heterocycles. The fourth-order valence-corrected chi connectivity index (χ4v) is 2.03. The standard InChI is InChI=1S/C15H21N3O/c1-4-16-9-14-7-12(2)17-15(8-14)18(3)10-13-5-6-19-11-13/h5-8,11,16H,4,9-10H2,1-3H3. The van der Waals surface area contributed by atoms with Gasteiger partial charge in [0.1, 0.15) is 5.82 Å². The Balaban J connectivity index is 2.11. The minimum atomic E-state index is 0.799. The van der Waals surface area contributed by atoms with Crippen molar-refractivity contribution >= 4 is 5.82 Å². The summed E-state index contributed by atoms with van der Waals surface area (Å²) in [4.78, 5) is 6.72. The first-order valence-corrected chi connectivity index (χ1v) is 6.59. The van der Waals surface area contributed by atoms with Crippen molar-refractivity contribution in [1.82, 2.24) is 10.3 Å². The van der Waals surface area contributed by atoms with Crippen LogP contribution in [0.5, 0.6) is 0 Å². The highest BCUT2D eigenvalue weighted by molar-refractivity contribution is 5.42. The Hall–Kier alpha value is -1.81. The van der Waals surface area contributed by atoms with Crippen LogP contribution in [0, 0.1) is 6.92 Å². The summed E-state index contributed by atoms with van der Waals surface area (Å²) in [7, 11) is 2.05. The summed E-state index contributed by atoms with van der Waals surface area (Å²) in [6.07, 6.45) is 3.47. The maximum Gasteiger partial charge on any atom is 0.129 e. The molecule has 1 N–H and O–H groups in total. The predicted octanol–water partition coefficient (Wildman–Crippen LogP) is 2.73. The largest absolute Gasteiger partial charge is 0.472 e. The monoisotopic (exact) mass is 259 g/mol. The van der Waals surface area contributed by atoms with Gasteiger partial charge in [0.2, 0.25) is 0 Å². The minimum absolute atomic E-state index is 0.799. The molecule has 0 spiro atoms. The Bertz CT molecular complexity index is 508. The number of nitrogens with zero attached hydrogens (tertiary/aromatic N) is 2. The first-order chi connectivity index (χ1) is 9.19. The van der Waals surface area contributed by atoms with Crippen LogP contribution in [0.1, 0.15) is 23.7 Å². The van der Waals surface area contributed by atoms with Gasteiger partial charge < -0.3 is 14.6 Å². The average molecular weight is 259 g/mol. The van der Waals surface area contributed by atoms with Crippen LogP contribution >= 0.6 is 0 Å².